The van der Waals surface area contributed by atoms with E-state index in [1.807, 2.05) is 27.1 Å². The third-order valence-corrected chi connectivity index (χ3v) is 2.57. The number of nitrogens with one attached hydrogen (secondary N) is 2. The average molecular weight is 278 g/mol. The second-order valence-electron chi connectivity index (χ2n) is 4.11. The maximum atomic E-state index is 5.32. The lowest BCUT2D eigenvalue weighted by molar-refractivity contribution is 0.312. The number of aromatic nitrogens is 5. The van der Waals surface area contributed by atoms with Crippen LogP contribution in [0.25, 0.3) is 0 Å². The van der Waals surface area contributed by atoms with Crippen LogP contribution >= 0.6 is 0 Å². The van der Waals surface area contributed by atoms with Gasteiger partial charge in [0.15, 0.2) is 0 Å². The number of hydrazine groups is 1. The van der Waals surface area contributed by atoms with Gasteiger partial charge in [-0.3, -0.25) is 10.1 Å². The second kappa shape index (κ2) is 6.15. The topological polar surface area (TPSA) is 116 Å². The summed E-state index contributed by atoms with van der Waals surface area (Å²) < 4.78 is 7.02. The fourth-order valence-corrected chi connectivity index (χ4v) is 1.69. The van der Waals surface area contributed by atoms with E-state index in [0.29, 0.717) is 19.1 Å². The molecule has 108 valence electrons. The average Bonchev–Trinajstić information content (AvgIpc) is 2.75. The van der Waals surface area contributed by atoms with Crippen LogP contribution in [-0.2, 0) is 13.6 Å². The fraction of sp³-hybridized carbons (Fsp3) is 0.455. The molecule has 0 radical (unpaired) electrons. The van der Waals surface area contributed by atoms with Crippen molar-refractivity contribution >= 4 is 11.9 Å². The minimum atomic E-state index is 0.223. The molecule has 0 unspecified atom stereocenters. The molecule has 9 heteroatoms. The lowest BCUT2D eigenvalue weighted by Gasteiger charge is -2.08. The van der Waals surface area contributed by atoms with Crippen LogP contribution in [0.4, 0.5) is 11.9 Å². The van der Waals surface area contributed by atoms with Crippen molar-refractivity contribution in [1.29, 1.82) is 0 Å². The first-order valence-electron chi connectivity index (χ1n) is 6.21. The molecule has 0 fully saturated rings. The molecule has 0 aliphatic carbocycles. The zero-order valence-electron chi connectivity index (χ0n) is 11.7. The van der Waals surface area contributed by atoms with Gasteiger partial charge in [0.2, 0.25) is 11.9 Å². The van der Waals surface area contributed by atoms with E-state index in [9.17, 15) is 0 Å². The van der Waals surface area contributed by atoms with Crippen LogP contribution in [0.5, 0.6) is 6.01 Å². The summed E-state index contributed by atoms with van der Waals surface area (Å²) in [6.45, 7) is 4.82. The molecule has 2 aromatic heterocycles. The summed E-state index contributed by atoms with van der Waals surface area (Å²) in [6.07, 6.45) is 1.94. The fourth-order valence-electron chi connectivity index (χ4n) is 1.69. The Balaban J connectivity index is 2.12. The Morgan fingerprint density at radius 2 is 2.05 bits per heavy atom. The van der Waals surface area contributed by atoms with Gasteiger partial charge in [0.05, 0.1) is 12.3 Å². The summed E-state index contributed by atoms with van der Waals surface area (Å²) in [5.41, 5.74) is 4.40. The van der Waals surface area contributed by atoms with Crippen molar-refractivity contribution in [3.63, 3.8) is 0 Å². The predicted octanol–water partition coefficient (Wildman–Crippen LogP) is 0.210. The van der Waals surface area contributed by atoms with Crippen LogP contribution in [0.15, 0.2) is 6.20 Å². The van der Waals surface area contributed by atoms with Gasteiger partial charge >= 0.3 is 6.01 Å². The predicted molar refractivity (Wildman–Crippen MR) is 74.1 cm³/mol. The standard InChI is InChI=1S/C11H18N8O/c1-4-20-11-15-9(14-10(16-11)17-12)13-5-8-6-19(3)18-7(8)2/h6H,4-5,12H2,1-3H3,(H2,13,14,15,16,17). The minimum absolute atomic E-state index is 0.223. The van der Waals surface area contributed by atoms with E-state index in [2.05, 4.69) is 30.8 Å². The summed E-state index contributed by atoms with van der Waals surface area (Å²) in [7, 11) is 1.88. The van der Waals surface area contributed by atoms with Crippen LogP contribution in [0, 0.1) is 6.92 Å². The Morgan fingerprint density at radius 3 is 2.65 bits per heavy atom. The van der Waals surface area contributed by atoms with E-state index < -0.39 is 0 Å². The van der Waals surface area contributed by atoms with E-state index in [1.54, 1.807) is 4.68 Å². The molecule has 2 rings (SSSR count). The van der Waals surface area contributed by atoms with Gasteiger partial charge in [-0.05, 0) is 13.8 Å². The Kier molecular flexibility index (Phi) is 4.31. The molecule has 2 heterocycles. The number of anilines is 2. The Hall–Kier alpha value is -2.42. The van der Waals surface area contributed by atoms with Crippen molar-refractivity contribution < 1.29 is 4.74 Å². The maximum absolute atomic E-state index is 5.32. The molecule has 0 aromatic carbocycles. The smallest absolute Gasteiger partial charge is 0.323 e. The van der Waals surface area contributed by atoms with Crippen molar-refractivity contribution in [3.05, 3.63) is 17.5 Å². The van der Waals surface area contributed by atoms with E-state index in [1.165, 1.54) is 0 Å². The molecule has 9 nitrogen and oxygen atoms in total. The van der Waals surface area contributed by atoms with Gasteiger partial charge in [-0.25, -0.2) is 5.84 Å². The van der Waals surface area contributed by atoms with E-state index in [0.717, 1.165) is 11.3 Å². The van der Waals surface area contributed by atoms with Crippen LogP contribution < -0.4 is 21.3 Å². The monoisotopic (exact) mass is 278 g/mol. The van der Waals surface area contributed by atoms with E-state index >= 15 is 0 Å². The number of aryl methyl sites for hydroxylation is 2. The molecule has 4 N–H and O–H groups in total. The quantitative estimate of drug-likeness (QED) is 0.507. The van der Waals surface area contributed by atoms with Crippen molar-refractivity contribution in [3.8, 4) is 6.01 Å². The summed E-state index contributed by atoms with van der Waals surface area (Å²) in [6, 6.07) is 0.223. The number of ether oxygens (including phenoxy) is 1. The second-order valence-corrected chi connectivity index (χ2v) is 4.11. The SMILES string of the molecule is CCOc1nc(NN)nc(NCc2cn(C)nc2C)n1. The lowest BCUT2D eigenvalue weighted by Crippen LogP contribution is -2.14. The van der Waals surface area contributed by atoms with Crippen LogP contribution in [0.3, 0.4) is 0 Å². The number of rotatable bonds is 6. The van der Waals surface area contributed by atoms with Crippen LogP contribution in [0.2, 0.25) is 0 Å². The molecule has 0 saturated carbocycles. The minimum Gasteiger partial charge on any atom is -0.464 e. The first kappa shape index (κ1) is 14.0. The number of nitrogen functional groups attached to an aromatic ring is 1. The number of hydrogen-bond donors (Lipinski definition) is 3. The normalized spacial score (nSPS) is 10.4. The highest BCUT2D eigenvalue weighted by atomic mass is 16.5. The van der Waals surface area contributed by atoms with Crippen molar-refractivity contribution in [2.75, 3.05) is 17.3 Å². The molecule has 0 bridgehead atoms. The molecule has 0 amide bonds. The molecular formula is C11H18N8O. The Morgan fingerprint density at radius 1 is 1.30 bits per heavy atom. The largest absolute Gasteiger partial charge is 0.464 e. The summed E-state index contributed by atoms with van der Waals surface area (Å²) in [5, 5.41) is 7.37. The third kappa shape index (κ3) is 3.32. The van der Waals surface area contributed by atoms with Gasteiger partial charge in [0.1, 0.15) is 0 Å². The van der Waals surface area contributed by atoms with Crippen molar-refractivity contribution in [2.24, 2.45) is 12.9 Å². The highest BCUT2D eigenvalue weighted by Gasteiger charge is 2.08. The van der Waals surface area contributed by atoms with E-state index in [-0.39, 0.29) is 12.0 Å². The third-order valence-electron chi connectivity index (χ3n) is 2.57. The zero-order valence-corrected chi connectivity index (χ0v) is 11.7. The summed E-state index contributed by atoms with van der Waals surface area (Å²) in [5.74, 6) is 5.95. The number of nitrogens with two attached hydrogens (primary N) is 1. The molecule has 0 spiro atoms. The summed E-state index contributed by atoms with van der Waals surface area (Å²) in [4.78, 5) is 12.2. The van der Waals surface area contributed by atoms with Gasteiger partial charge in [-0.1, -0.05) is 0 Å². The van der Waals surface area contributed by atoms with Gasteiger partial charge in [-0.2, -0.15) is 20.1 Å². The Labute approximate surface area is 116 Å². The number of hydrogen-bond acceptors (Lipinski definition) is 8. The molecule has 0 aliphatic rings. The Bertz CT molecular complexity index is 582. The molecule has 0 saturated heterocycles. The highest BCUT2D eigenvalue weighted by molar-refractivity contribution is 5.36. The van der Waals surface area contributed by atoms with E-state index in [4.69, 9.17) is 10.6 Å². The first-order chi connectivity index (χ1) is 9.62. The molecule has 2 aromatic rings. The molecule has 0 aliphatic heterocycles. The van der Waals surface area contributed by atoms with Crippen LogP contribution in [-0.4, -0.2) is 31.3 Å². The van der Waals surface area contributed by atoms with Crippen molar-refractivity contribution in [1.82, 2.24) is 24.7 Å². The highest BCUT2D eigenvalue weighted by Crippen LogP contribution is 2.12. The van der Waals surface area contributed by atoms with Gasteiger partial charge < -0.3 is 10.1 Å². The van der Waals surface area contributed by atoms with Gasteiger partial charge in [0, 0.05) is 25.4 Å². The zero-order chi connectivity index (χ0) is 14.5. The molecular weight excluding hydrogens is 260 g/mol. The number of nitrogens with zero attached hydrogens (tertiary/aromatic N) is 5. The lowest BCUT2D eigenvalue weighted by atomic mass is 10.3. The van der Waals surface area contributed by atoms with Crippen molar-refractivity contribution in [2.45, 2.75) is 20.4 Å². The summed E-state index contributed by atoms with van der Waals surface area (Å²) >= 11 is 0. The van der Waals surface area contributed by atoms with Crippen LogP contribution in [0.1, 0.15) is 18.2 Å². The molecule has 0 atom stereocenters. The van der Waals surface area contributed by atoms with Gasteiger partial charge in [-0.15, -0.1) is 0 Å². The maximum Gasteiger partial charge on any atom is 0.323 e. The first-order valence-corrected chi connectivity index (χ1v) is 6.21. The van der Waals surface area contributed by atoms with Gasteiger partial charge in [0.25, 0.3) is 0 Å². The molecule has 20 heavy (non-hydrogen) atoms.